The molecule has 0 bridgehead atoms. The number of benzene rings is 1. The summed E-state index contributed by atoms with van der Waals surface area (Å²) in [6.45, 7) is 10.4. The predicted molar refractivity (Wildman–Crippen MR) is 105 cm³/mol. The van der Waals surface area contributed by atoms with Gasteiger partial charge in [-0.3, -0.25) is 4.90 Å². The monoisotopic (exact) mass is 376 g/mol. The highest BCUT2D eigenvalue weighted by Crippen LogP contribution is 2.21. The molecule has 2 rings (SSSR count). The van der Waals surface area contributed by atoms with Crippen LogP contribution in [0.25, 0.3) is 0 Å². The van der Waals surface area contributed by atoms with Gasteiger partial charge in [0.25, 0.3) is 0 Å². The molecule has 6 heteroatoms. The molecule has 1 heterocycles. The van der Waals surface area contributed by atoms with Crippen LogP contribution in [0.2, 0.25) is 0 Å². The molecule has 1 unspecified atom stereocenters. The Morgan fingerprint density at radius 2 is 1.93 bits per heavy atom. The first-order valence-corrected chi connectivity index (χ1v) is 9.74. The number of carbonyl (C=O) groups excluding carboxylic acids is 1. The van der Waals surface area contributed by atoms with Crippen molar-refractivity contribution in [1.82, 2.24) is 9.80 Å². The highest BCUT2D eigenvalue weighted by atomic mass is 16.6. The van der Waals surface area contributed by atoms with E-state index in [-0.39, 0.29) is 12.1 Å². The average molecular weight is 376 g/mol. The van der Waals surface area contributed by atoms with Gasteiger partial charge in [0.15, 0.2) is 0 Å². The first kappa shape index (κ1) is 21.2. The number of carboxylic acid groups (broad SMARTS) is 1. The second-order valence-corrected chi connectivity index (χ2v) is 8.17. The summed E-state index contributed by atoms with van der Waals surface area (Å²) in [5.74, 6) is -0.902. The van der Waals surface area contributed by atoms with E-state index >= 15 is 0 Å². The Morgan fingerprint density at radius 3 is 2.56 bits per heavy atom. The highest BCUT2D eigenvalue weighted by Gasteiger charge is 2.33. The number of carboxylic acids is 1. The second-order valence-electron chi connectivity index (χ2n) is 8.17. The molecule has 1 amide bonds. The molecule has 1 aliphatic rings. The third-order valence-electron chi connectivity index (χ3n) is 4.73. The van der Waals surface area contributed by atoms with Gasteiger partial charge in [-0.05, 0) is 38.8 Å². The second kappa shape index (κ2) is 9.22. The minimum absolute atomic E-state index is 0.0885. The van der Waals surface area contributed by atoms with Gasteiger partial charge in [0, 0.05) is 32.2 Å². The van der Waals surface area contributed by atoms with Gasteiger partial charge in [-0.1, -0.05) is 38.0 Å². The molecule has 0 aromatic heterocycles. The Hall–Kier alpha value is -2.08. The fourth-order valence-electron chi connectivity index (χ4n) is 3.42. The molecule has 1 aromatic carbocycles. The van der Waals surface area contributed by atoms with Crippen molar-refractivity contribution in [3.05, 3.63) is 35.4 Å². The lowest BCUT2D eigenvalue weighted by Gasteiger charge is -2.42. The number of hydrogen-bond donors (Lipinski definition) is 1. The molecule has 0 saturated carbocycles. The molecule has 1 atom stereocenters. The fourth-order valence-corrected chi connectivity index (χ4v) is 3.42. The number of hydrogen-bond acceptors (Lipinski definition) is 4. The van der Waals surface area contributed by atoms with E-state index in [1.54, 1.807) is 12.1 Å². The Bertz CT molecular complexity index is 654. The van der Waals surface area contributed by atoms with Crippen LogP contribution in [0.4, 0.5) is 4.79 Å². The maximum absolute atomic E-state index is 12.6. The minimum atomic E-state index is -0.902. The van der Waals surface area contributed by atoms with Crippen LogP contribution in [0, 0.1) is 0 Å². The van der Waals surface area contributed by atoms with E-state index in [1.165, 1.54) is 0 Å². The number of unbranched alkanes of at least 4 members (excludes halogenated alkanes) is 1. The Morgan fingerprint density at radius 1 is 1.22 bits per heavy atom. The molecular weight excluding hydrogens is 344 g/mol. The lowest BCUT2D eigenvalue weighted by molar-refractivity contribution is -0.00410. The lowest BCUT2D eigenvalue weighted by Crippen LogP contribution is -2.55. The van der Waals surface area contributed by atoms with Crippen molar-refractivity contribution in [2.24, 2.45) is 0 Å². The van der Waals surface area contributed by atoms with Crippen LogP contribution in [0.15, 0.2) is 24.3 Å². The van der Waals surface area contributed by atoms with Crippen molar-refractivity contribution in [1.29, 1.82) is 0 Å². The number of carbonyl (C=O) groups is 2. The Kier molecular flexibility index (Phi) is 7.25. The van der Waals surface area contributed by atoms with Gasteiger partial charge in [-0.25, -0.2) is 9.59 Å². The molecule has 0 aliphatic carbocycles. The van der Waals surface area contributed by atoms with Gasteiger partial charge in [-0.2, -0.15) is 0 Å². The maximum atomic E-state index is 12.6. The quantitative estimate of drug-likeness (QED) is 0.813. The summed E-state index contributed by atoms with van der Waals surface area (Å²) in [5.41, 5.74) is 0.645. The summed E-state index contributed by atoms with van der Waals surface area (Å²) < 4.78 is 5.58. The molecule has 1 saturated heterocycles. The molecule has 0 spiro atoms. The van der Waals surface area contributed by atoms with E-state index in [2.05, 4.69) is 11.8 Å². The van der Waals surface area contributed by atoms with Crippen LogP contribution in [-0.4, -0.2) is 58.2 Å². The number of aromatic carboxylic acids is 1. The zero-order chi connectivity index (χ0) is 20.0. The molecule has 1 N–H and O–H groups in total. The first-order valence-electron chi connectivity index (χ1n) is 9.74. The number of rotatable bonds is 6. The van der Waals surface area contributed by atoms with Crippen molar-refractivity contribution in [3.8, 4) is 0 Å². The van der Waals surface area contributed by atoms with Crippen LogP contribution >= 0.6 is 0 Å². The van der Waals surface area contributed by atoms with E-state index < -0.39 is 11.6 Å². The molecular formula is C21H32N2O4. The zero-order valence-corrected chi connectivity index (χ0v) is 16.9. The van der Waals surface area contributed by atoms with Crippen molar-refractivity contribution >= 4 is 12.1 Å². The van der Waals surface area contributed by atoms with E-state index in [1.807, 2.05) is 37.8 Å². The van der Waals surface area contributed by atoms with Gasteiger partial charge in [-0.15, -0.1) is 0 Å². The topological polar surface area (TPSA) is 70.1 Å². The van der Waals surface area contributed by atoms with Crippen molar-refractivity contribution in [2.45, 2.75) is 65.1 Å². The van der Waals surface area contributed by atoms with Gasteiger partial charge in [0.2, 0.25) is 0 Å². The molecule has 150 valence electrons. The smallest absolute Gasteiger partial charge is 0.410 e. The number of amides is 1. The number of piperazine rings is 1. The molecule has 27 heavy (non-hydrogen) atoms. The van der Waals surface area contributed by atoms with Crippen LogP contribution in [0.1, 0.15) is 62.9 Å². The highest BCUT2D eigenvalue weighted by molar-refractivity contribution is 5.89. The first-order chi connectivity index (χ1) is 12.7. The van der Waals surface area contributed by atoms with Gasteiger partial charge in [0.05, 0.1) is 5.56 Å². The summed E-state index contributed by atoms with van der Waals surface area (Å²) in [5, 5.41) is 9.40. The summed E-state index contributed by atoms with van der Waals surface area (Å²) in [7, 11) is 0. The van der Waals surface area contributed by atoms with E-state index in [9.17, 15) is 14.7 Å². The summed E-state index contributed by atoms with van der Waals surface area (Å²) in [4.78, 5) is 28.1. The minimum Gasteiger partial charge on any atom is -0.478 e. The van der Waals surface area contributed by atoms with Crippen molar-refractivity contribution in [2.75, 3.05) is 19.6 Å². The largest absolute Gasteiger partial charge is 0.478 e. The molecule has 1 aromatic rings. The van der Waals surface area contributed by atoms with Crippen molar-refractivity contribution < 1.29 is 19.4 Å². The third kappa shape index (κ3) is 6.24. The van der Waals surface area contributed by atoms with Gasteiger partial charge < -0.3 is 14.7 Å². The van der Waals surface area contributed by atoms with Crippen LogP contribution in [-0.2, 0) is 11.3 Å². The molecule has 1 aliphatic heterocycles. The Labute approximate surface area is 162 Å². The van der Waals surface area contributed by atoms with E-state index in [0.29, 0.717) is 25.2 Å². The van der Waals surface area contributed by atoms with Gasteiger partial charge in [0.1, 0.15) is 5.60 Å². The third-order valence-corrected chi connectivity index (χ3v) is 4.73. The average Bonchev–Trinajstić information content (AvgIpc) is 2.58. The maximum Gasteiger partial charge on any atom is 0.410 e. The number of nitrogens with zero attached hydrogens (tertiary/aromatic N) is 2. The van der Waals surface area contributed by atoms with Crippen molar-refractivity contribution in [3.63, 3.8) is 0 Å². The summed E-state index contributed by atoms with van der Waals surface area (Å²) >= 11 is 0. The summed E-state index contributed by atoms with van der Waals surface area (Å²) in [6, 6.07) is 7.21. The normalized spacial score (nSPS) is 18.4. The molecule has 0 radical (unpaired) electrons. The van der Waals surface area contributed by atoms with Gasteiger partial charge >= 0.3 is 12.1 Å². The van der Waals surface area contributed by atoms with Crippen LogP contribution < -0.4 is 0 Å². The predicted octanol–water partition coefficient (Wildman–Crippen LogP) is 4.00. The summed E-state index contributed by atoms with van der Waals surface area (Å²) in [6.07, 6.45) is 2.78. The van der Waals surface area contributed by atoms with E-state index in [4.69, 9.17) is 4.74 Å². The Balaban J connectivity index is 2.09. The molecule has 1 fully saturated rings. The lowest BCUT2D eigenvalue weighted by atomic mass is 10.0. The van der Waals surface area contributed by atoms with E-state index in [0.717, 1.165) is 31.4 Å². The van der Waals surface area contributed by atoms with Crippen LogP contribution in [0.5, 0.6) is 0 Å². The fraction of sp³-hybridized carbons (Fsp3) is 0.619. The SMILES string of the molecule is CCCCC1CN(Cc2ccccc2C(=O)O)CCN1C(=O)OC(C)(C)C. The number of ether oxygens (including phenoxy) is 1. The standard InChI is InChI=1S/C21H32N2O4/c1-5-6-10-17-15-22(12-13-23(17)20(26)27-21(2,3)4)14-16-9-7-8-11-18(16)19(24)25/h7-9,11,17H,5-6,10,12-15H2,1-4H3,(H,24,25). The molecule has 6 nitrogen and oxygen atoms in total. The zero-order valence-electron chi connectivity index (χ0n) is 16.9. The van der Waals surface area contributed by atoms with Crippen LogP contribution in [0.3, 0.4) is 0 Å².